The average Bonchev–Trinajstić information content (AvgIpc) is 2.44. The molecule has 0 fully saturated rings. The van der Waals surface area contributed by atoms with Gasteiger partial charge in [0.05, 0.1) is 0 Å². The third-order valence-electron chi connectivity index (χ3n) is 2.69. The first-order chi connectivity index (χ1) is 10.4. The molecule has 6 nitrogen and oxygen atoms in total. The lowest BCUT2D eigenvalue weighted by atomic mass is 10.2. The molecule has 0 unspecified atom stereocenters. The van der Waals surface area contributed by atoms with Crippen molar-refractivity contribution in [2.24, 2.45) is 5.73 Å². The molecular weight excluding hydrogens is 298 g/mol. The van der Waals surface area contributed by atoms with Crippen LogP contribution >= 0.6 is 0 Å². The number of primary amides is 1. The van der Waals surface area contributed by atoms with Gasteiger partial charge in [-0.15, -0.1) is 0 Å². The largest absolute Gasteiger partial charge is 0.507 e. The summed E-state index contributed by atoms with van der Waals surface area (Å²) in [5.74, 6) is -5.08. The summed E-state index contributed by atoms with van der Waals surface area (Å²) in [6.45, 7) is 0. The predicted octanol–water partition coefficient (Wildman–Crippen LogP) is 1.49. The van der Waals surface area contributed by atoms with Gasteiger partial charge in [0.2, 0.25) is 0 Å². The van der Waals surface area contributed by atoms with Crippen LogP contribution < -0.4 is 16.1 Å². The van der Waals surface area contributed by atoms with Gasteiger partial charge in [-0.2, -0.15) is 5.48 Å². The highest BCUT2D eigenvalue weighted by atomic mass is 19.1. The average molecular weight is 308 g/mol. The SMILES string of the molecule is NC(=O)c1c(F)cccc1ONC(=O)c1c(O)cccc1F. The number of phenols is 1. The Labute approximate surface area is 123 Å². The number of hydrogen-bond acceptors (Lipinski definition) is 4. The Kier molecular flexibility index (Phi) is 4.21. The van der Waals surface area contributed by atoms with Gasteiger partial charge in [0.25, 0.3) is 11.8 Å². The van der Waals surface area contributed by atoms with Crippen LogP contribution in [0.1, 0.15) is 20.7 Å². The summed E-state index contributed by atoms with van der Waals surface area (Å²) < 4.78 is 27.0. The maximum atomic E-state index is 13.5. The molecule has 0 heterocycles. The summed E-state index contributed by atoms with van der Waals surface area (Å²) >= 11 is 0. The second-order valence-corrected chi connectivity index (χ2v) is 4.14. The van der Waals surface area contributed by atoms with Gasteiger partial charge < -0.3 is 15.7 Å². The Hall–Kier alpha value is -3.16. The van der Waals surface area contributed by atoms with Crippen molar-refractivity contribution < 1.29 is 28.3 Å². The summed E-state index contributed by atoms with van der Waals surface area (Å²) in [6, 6.07) is 6.67. The Morgan fingerprint density at radius 2 is 1.64 bits per heavy atom. The topological polar surface area (TPSA) is 102 Å². The number of hydroxylamine groups is 1. The zero-order chi connectivity index (χ0) is 16.3. The number of amides is 2. The van der Waals surface area contributed by atoms with E-state index in [0.717, 1.165) is 18.2 Å². The van der Waals surface area contributed by atoms with Crippen molar-refractivity contribution in [3.8, 4) is 11.5 Å². The molecule has 22 heavy (non-hydrogen) atoms. The molecule has 114 valence electrons. The summed E-state index contributed by atoms with van der Waals surface area (Å²) in [7, 11) is 0. The molecule has 0 aliphatic rings. The number of phenolic OH excluding ortho intramolecular Hbond substituents is 1. The van der Waals surface area contributed by atoms with E-state index in [-0.39, 0.29) is 5.75 Å². The van der Waals surface area contributed by atoms with Crippen molar-refractivity contribution >= 4 is 11.8 Å². The van der Waals surface area contributed by atoms with Gasteiger partial charge in [-0.3, -0.25) is 9.59 Å². The molecule has 2 amide bonds. The number of aromatic hydroxyl groups is 1. The number of carbonyl (C=O) groups is 2. The molecule has 2 rings (SSSR count). The van der Waals surface area contributed by atoms with Gasteiger partial charge in [0.1, 0.15) is 28.5 Å². The van der Waals surface area contributed by atoms with Crippen molar-refractivity contribution in [2.75, 3.05) is 0 Å². The van der Waals surface area contributed by atoms with E-state index in [0.29, 0.717) is 0 Å². The second-order valence-electron chi connectivity index (χ2n) is 4.14. The third kappa shape index (κ3) is 2.95. The Bertz CT molecular complexity index is 729. The van der Waals surface area contributed by atoms with E-state index in [1.165, 1.54) is 18.2 Å². The molecule has 0 atom stereocenters. The van der Waals surface area contributed by atoms with Gasteiger partial charge in [-0.05, 0) is 24.3 Å². The van der Waals surface area contributed by atoms with Crippen molar-refractivity contribution in [3.63, 3.8) is 0 Å². The highest BCUT2D eigenvalue weighted by molar-refractivity contribution is 5.97. The van der Waals surface area contributed by atoms with Gasteiger partial charge >= 0.3 is 0 Å². The van der Waals surface area contributed by atoms with Crippen LogP contribution in [0.25, 0.3) is 0 Å². The lowest BCUT2D eigenvalue weighted by Gasteiger charge is -2.11. The zero-order valence-electron chi connectivity index (χ0n) is 11.0. The molecule has 4 N–H and O–H groups in total. The Morgan fingerprint density at radius 1 is 1.05 bits per heavy atom. The van der Waals surface area contributed by atoms with Crippen LogP contribution in [0.2, 0.25) is 0 Å². The molecule has 0 bridgehead atoms. The van der Waals surface area contributed by atoms with E-state index >= 15 is 0 Å². The Balaban J connectivity index is 2.23. The molecule has 0 radical (unpaired) electrons. The number of hydrogen-bond donors (Lipinski definition) is 3. The molecular formula is C14H10F2N2O4. The fraction of sp³-hybridized carbons (Fsp3) is 0. The summed E-state index contributed by atoms with van der Waals surface area (Å²) in [4.78, 5) is 27.7. The van der Waals surface area contributed by atoms with Gasteiger partial charge in [-0.25, -0.2) is 8.78 Å². The minimum Gasteiger partial charge on any atom is -0.507 e. The number of halogens is 2. The highest BCUT2D eigenvalue weighted by Crippen LogP contribution is 2.22. The predicted molar refractivity (Wildman–Crippen MR) is 71.1 cm³/mol. The first kappa shape index (κ1) is 15.2. The smallest absolute Gasteiger partial charge is 0.290 e. The van der Waals surface area contributed by atoms with Crippen LogP contribution in [0.5, 0.6) is 11.5 Å². The van der Waals surface area contributed by atoms with Crippen molar-refractivity contribution in [1.29, 1.82) is 0 Å². The first-order valence-corrected chi connectivity index (χ1v) is 5.94. The lowest BCUT2D eigenvalue weighted by Crippen LogP contribution is -2.29. The maximum Gasteiger partial charge on any atom is 0.290 e. The van der Waals surface area contributed by atoms with Crippen LogP contribution in [-0.4, -0.2) is 16.9 Å². The van der Waals surface area contributed by atoms with Crippen LogP contribution in [0, 0.1) is 11.6 Å². The monoisotopic (exact) mass is 308 g/mol. The molecule has 0 saturated heterocycles. The lowest BCUT2D eigenvalue weighted by molar-refractivity contribution is 0.0743. The standard InChI is InChI=1S/C14H10F2N2O4/c15-7-3-1-5-9(19)11(7)14(21)18-22-10-6-2-4-8(16)12(10)13(17)20/h1-6,19H,(H2,17,20)(H,18,21). The number of benzene rings is 2. The quantitative estimate of drug-likeness (QED) is 0.745. The van der Waals surface area contributed by atoms with E-state index in [4.69, 9.17) is 10.6 Å². The minimum atomic E-state index is -1.12. The van der Waals surface area contributed by atoms with Crippen LogP contribution in [0.15, 0.2) is 36.4 Å². The maximum absolute atomic E-state index is 13.5. The minimum absolute atomic E-state index is 0.350. The van der Waals surface area contributed by atoms with Gasteiger partial charge in [0, 0.05) is 0 Å². The van der Waals surface area contributed by atoms with E-state index in [1.54, 1.807) is 5.48 Å². The second kappa shape index (κ2) is 6.08. The molecule has 0 aliphatic carbocycles. The van der Waals surface area contributed by atoms with E-state index < -0.39 is 40.3 Å². The summed E-state index contributed by atoms with van der Waals surface area (Å²) in [5, 5.41) is 9.46. The van der Waals surface area contributed by atoms with Crippen LogP contribution in [-0.2, 0) is 0 Å². The molecule has 0 spiro atoms. The van der Waals surface area contributed by atoms with Crippen LogP contribution in [0.4, 0.5) is 8.78 Å². The van der Waals surface area contributed by atoms with Gasteiger partial charge in [-0.1, -0.05) is 12.1 Å². The zero-order valence-corrected chi connectivity index (χ0v) is 11.0. The van der Waals surface area contributed by atoms with E-state index in [2.05, 4.69) is 0 Å². The van der Waals surface area contributed by atoms with E-state index in [1.807, 2.05) is 0 Å². The third-order valence-corrected chi connectivity index (χ3v) is 2.69. The van der Waals surface area contributed by atoms with Crippen LogP contribution in [0.3, 0.4) is 0 Å². The molecule has 0 saturated carbocycles. The fourth-order valence-corrected chi connectivity index (χ4v) is 1.72. The molecule has 8 heteroatoms. The van der Waals surface area contributed by atoms with Gasteiger partial charge in [0.15, 0.2) is 5.75 Å². The van der Waals surface area contributed by atoms with Crippen molar-refractivity contribution in [1.82, 2.24) is 5.48 Å². The fourth-order valence-electron chi connectivity index (χ4n) is 1.72. The number of carbonyl (C=O) groups excluding carboxylic acids is 2. The highest BCUT2D eigenvalue weighted by Gasteiger charge is 2.19. The normalized spacial score (nSPS) is 10.1. The van der Waals surface area contributed by atoms with Crippen molar-refractivity contribution in [3.05, 3.63) is 59.2 Å². The summed E-state index contributed by atoms with van der Waals surface area (Å²) in [5.41, 5.74) is 5.59. The number of rotatable bonds is 4. The molecule has 0 aliphatic heterocycles. The number of nitrogens with two attached hydrogens (primary N) is 1. The molecule has 2 aromatic carbocycles. The van der Waals surface area contributed by atoms with E-state index in [9.17, 15) is 23.5 Å². The summed E-state index contributed by atoms with van der Waals surface area (Å²) in [6.07, 6.45) is 0. The molecule has 2 aromatic rings. The Morgan fingerprint density at radius 3 is 2.23 bits per heavy atom. The number of nitrogens with one attached hydrogen (secondary N) is 1. The first-order valence-electron chi connectivity index (χ1n) is 5.94. The van der Waals surface area contributed by atoms with Crippen molar-refractivity contribution in [2.45, 2.75) is 0 Å². The molecule has 0 aromatic heterocycles.